The van der Waals surface area contributed by atoms with Crippen molar-refractivity contribution in [3.05, 3.63) is 76.5 Å². The number of nitrogens with one attached hydrogen (secondary N) is 1. The average molecular weight is 485 g/mol. The lowest BCUT2D eigenvalue weighted by molar-refractivity contribution is -0.150. The van der Waals surface area contributed by atoms with Crippen molar-refractivity contribution in [2.24, 2.45) is 0 Å². The van der Waals surface area contributed by atoms with Gasteiger partial charge < -0.3 is 14.8 Å². The molecule has 2 aromatic carbocycles. The van der Waals surface area contributed by atoms with E-state index >= 15 is 0 Å². The van der Waals surface area contributed by atoms with Crippen molar-refractivity contribution in [3.63, 3.8) is 0 Å². The monoisotopic (exact) mass is 485 g/mol. The molecule has 0 radical (unpaired) electrons. The summed E-state index contributed by atoms with van der Waals surface area (Å²) in [4.78, 5) is 27.8. The van der Waals surface area contributed by atoms with Crippen LogP contribution in [-0.2, 0) is 20.4 Å². The van der Waals surface area contributed by atoms with E-state index in [-0.39, 0.29) is 23.6 Å². The predicted octanol–water partition coefficient (Wildman–Crippen LogP) is 4.84. The fraction of sp³-hybridized carbons (Fsp3) is 0.320. The number of rotatable bonds is 4. The van der Waals surface area contributed by atoms with Crippen LogP contribution in [0.4, 0.5) is 23.7 Å². The normalized spacial score (nSPS) is 22.1. The molecule has 2 atom stereocenters. The second-order valence-corrected chi connectivity index (χ2v) is 8.68. The highest BCUT2D eigenvalue weighted by Crippen LogP contribution is 2.38. The van der Waals surface area contributed by atoms with Crippen LogP contribution in [0.3, 0.4) is 0 Å². The predicted molar refractivity (Wildman–Crippen MR) is 119 cm³/mol. The number of allylic oxidation sites excluding steroid dienone is 1. The molecular weight excluding hydrogens is 463 g/mol. The molecule has 2 aliphatic rings. The first-order valence-corrected chi connectivity index (χ1v) is 10.8. The smallest absolute Gasteiger partial charge is 0.347 e. The van der Waals surface area contributed by atoms with Crippen molar-refractivity contribution in [2.75, 3.05) is 11.5 Å². The Kier molecular flexibility index (Phi) is 6.17. The number of urea groups is 1. The molecule has 1 saturated heterocycles. The summed E-state index contributed by atoms with van der Waals surface area (Å²) in [6.07, 6.45) is -5.57. The second kappa shape index (κ2) is 8.83. The maximum Gasteiger partial charge on any atom is 0.416 e. The van der Waals surface area contributed by atoms with Crippen LogP contribution in [0.25, 0.3) is 0 Å². The molecule has 7 nitrogen and oxygen atoms in total. The van der Waals surface area contributed by atoms with Crippen LogP contribution < -0.4 is 10.2 Å². The quantitative estimate of drug-likeness (QED) is 0.669. The Morgan fingerprint density at radius 1 is 1.20 bits per heavy atom. The number of benzene rings is 2. The van der Waals surface area contributed by atoms with Gasteiger partial charge in [0.05, 0.1) is 35.5 Å². The Labute approximate surface area is 199 Å². The summed E-state index contributed by atoms with van der Waals surface area (Å²) in [6, 6.07) is 11.0. The number of halogens is 3. The molecule has 182 valence electrons. The standard InChI is InChI=1S/C25H22F3N3O4/c1-14-20(22(32)19-13-34-24(2,3)35-19)21(16-9-7-15(12-29)8-10-16)30-23(33)31(14)18-6-4-5-17(11-18)25(26,27)28/h4-11,19,21H,13H2,1-3H3,(H,30,33). The number of hydrogen-bond acceptors (Lipinski definition) is 5. The van der Waals surface area contributed by atoms with Crippen LogP contribution in [0.15, 0.2) is 59.8 Å². The lowest BCUT2D eigenvalue weighted by Crippen LogP contribution is -2.49. The van der Waals surface area contributed by atoms with E-state index in [0.717, 1.165) is 17.0 Å². The number of ether oxygens (including phenoxy) is 2. The minimum Gasteiger partial charge on any atom is -0.347 e. The first-order chi connectivity index (χ1) is 16.4. The molecule has 0 spiro atoms. The van der Waals surface area contributed by atoms with Crippen molar-refractivity contribution >= 4 is 17.5 Å². The third kappa shape index (κ3) is 4.78. The van der Waals surface area contributed by atoms with Gasteiger partial charge in [-0.1, -0.05) is 18.2 Å². The zero-order valence-electron chi connectivity index (χ0n) is 19.1. The number of nitriles is 1. The Morgan fingerprint density at radius 3 is 2.46 bits per heavy atom. The van der Waals surface area contributed by atoms with Gasteiger partial charge >= 0.3 is 12.2 Å². The summed E-state index contributed by atoms with van der Waals surface area (Å²) >= 11 is 0. The number of amides is 2. The summed E-state index contributed by atoms with van der Waals surface area (Å²) < 4.78 is 51.2. The molecule has 10 heteroatoms. The number of nitrogens with zero attached hydrogens (tertiary/aromatic N) is 2. The van der Waals surface area contributed by atoms with Crippen molar-refractivity contribution in [1.29, 1.82) is 5.26 Å². The molecular formula is C25H22F3N3O4. The summed E-state index contributed by atoms with van der Waals surface area (Å²) in [6.45, 7) is 4.82. The van der Waals surface area contributed by atoms with Gasteiger partial charge in [0.2, 0.25) is 0 Å². The minimum atomic E-state index is -4.61. The van der Waals surface area contributed by atoms with Crippen LogP contribution in [0.2, 0.25) is 0 Å². The number of alkyl halides is 3. The van der Waals surface area contributed by atoms with Gasteiger partial charge in [-0.25, -0.2) is 4.79 Å². The molecule has 0 bridgehead atoms. The van der Waals surface area contributed by atoms with Crippen LogP contribution in [0.5, 0.6) is 0 Å². The largest absolute Gasteiger partial charge is 0.416 e. The Balaban J connectivity index is 1.83. The third-order valence-corrected chi connectivity index (χ3v) is 5.86. The molecule has 0 aromatic heterocycles. The second-order valence-electron chi connectivity index (χ2n) is 8.68. The Bertz CT molecular complexity index is 1250. The number of ketones is 1. The summed E-state index contributed by atoms with van der Waals surface area (Å²) in [5.41, 5.74) is 0.277. The lowest BCUT2D eigenvalue weighted by atomic mass is 9.89. The van der Waals surface area contributed by atoms with E-state index < -0.39 is 41.5 Å². The molecule has 2 amide bonds. The number of carbonyl (C=O) groups excluding carboxylic acids is 2. The molecule has 2 unspecified atom stereocenters. The first-order valence-electron chi connectivity index (χ1n) is 10.8. The molecule has 0 saturated carbocycles. The summed E-state index contributed by atoms with van der Waals surface area (Å²) in [7, 11) is 0. The number of Topliss-reactive ketones (excluding diaryl/α,β-unsaturated/α-hetero) is 1. The third-order valence-electron chi connectivity index (χ3n) is 5.86. The van der Waals surface area contributed by atoms with E-state index in [1.807, 2.05) is 6.07 Å². The van der Waals surface area contributed by atoms with Crippen LogP contribution >= 0.6 is 0 Å². The SMILES string of the molecule is CC1=C(C(=O)C2COC(C)(C)O2)C(c2ccc(C#N)cc2)NC(=O)N1c1cccc(C(F)(F)F)c1. The maximum absolute atomic E-state index is 13.6. The van der Waals surface area contributed by atoms with Crippen LogP contribution in [0, 0.1) is 11.3 Å². The summed E-state index contributed by atoms with van der Waals surface area (Å²) in [5.74, 6) is -1.45. The number of carbonyl (C=O) groups is 2. The molecule has 2 heterocycles. The van der Waals surface area contributed by atoms with Gasteiger partial charge in [0.1, 0.15) is 6.10 Å². The van der Waals surface area contributed by atoms with Crippen molar-refractivity contribution < 1.29 is 32.2 Å². The van der Waals surface area contributed by atoms with E-state index in [2.05, 4.69) is 5.32 Å². The van der Waals surface area contributed by atoms with Gasteiger partial charge in [0.15, 0.2) is 11.6 Å². The molecule has 1 N–H and O–H groups in total. The number of anilines is 1. The highest BCUT2D eigenvalue weighted by molar-refractivity contribution is 6.07. The average Bonchev–Trinajstić information content (AvgIpc) is 3.18. The van der Waals surface area contributed by atoms with E-state index in [1.165, 1.54) is 19.1 Å². The van der Waals surface area contributed by atoms with E-state index in [9.17, 15) is 22.8 Å². The molecule has 4 rings (SSSR count). The van der Waals surface area contributed by atoms with Crippen LogP contribution in [-0.4, -0.2) is 30.3 Å². The minimum absolute atomic E-state index is 0.0137. The molecule has 2 aliphatic heterocycles. The molecule has 0 aliphatic carbocycles. The van der Waals surface area contributed by atoms with Gasteiger partial charge in [0, 0.05) is 11.3 Å². The maximum atomic E-state index is 13.6. The van der Waals surface area contributed by atoms with Crippen molar-refractivity contribution in [3.8, 4) is 6.07 Å². The van der Waals surface area contributed by atoms with E-state index in [1.54, 1.807) is 38.1 Å². The van der Waals surface area contributed by atoms with Crippen molar-refractivity contribution in [2.45, 2.75) is 44.9 Å². The lowest BCUT2D eigenvalue weighted by Gasteiger charge is -2.36. The van der Waals surface area contributed by atoms with Gasteiger partial charge in [-0.05, 0) is 56.7 Å². The molecule has 2 aromatic rings. The zero-order valence-corrected chi connectivity index (χ0v) is 19.1. The fourth-order valence-corrected chi connectivity index (χ4v) is 4.18. The zero-order chi connectivity index (χ0) is 25.5. The van der Waals surface area contributed by atoms with Crippen LogP contribution in [0.1, 0.15) is 43.5 Å². The highest BCUT2D eigenvalue weighted by Gasteiger charge is 2.44. The van der Waals surface area contributed by atoms with Gasteiger partial charge in [-0.15, -0.1) is 0 Å². The summed E-state index contributed by atoms with van der Waals surface area (Å²) in [5, 5.41) is 11.8. The van der Waals surface area contributed by atoms with Crippen molar-refractivity contribution in [1.82, 2.24) is 5.32 Å². The highest BCUT2D eigenvalue weighted by atomic mass is 19.4. The first kappa shape index (κ1) is 24.4. The van der Waals surface area contributed by atoms with E-state index in [4.69, 9.17) is 14.7 Å². The fourth-order valence-electron chi connectivity index (χ4n) is 4.18. The Morgan fingerprint density at radius 2 is 1.89 bits per heavy atom. The van der Waals surface area contributed by atoms with Gasteiger partial charge in [0.25, 0.3) is 0 Å². The molecule has 35 heavy (non-hydrogen) atoms. The topological polar surface area (TPSA) is 91.7 Å². The van der Waals surface area contributed by atoms with Gasteiger partial charge in [-0.2, -0.15) is 18.4 Å². The number of hydrogen-bond donors (Lipinski definition) is 1. The Hall–Kier alpha value is -3.68. The van der Waals surface area contributed by atoms with E-state index in [0.29, 0.717) is 11.1 Å². The van der Waals surface area contributed by atoms with Gasteiger partial charge in [-0.3, -0.25) is 9.69 Å². The molecule has 1 fully saturated rings.